The van der Waals surface area contributed by atoms with E-state index in [-0.39, 0.29) is 5.91 Å². The van der Waals surface area contributed by atoms with Crippen LogP contribution < -0.4 is 4.90 Å². The highest BCUT2D eigenvalue weighted by Gasteiger charge is 2.21. The first kappa shape index (κ1) is 16.0. The van der Waals surface area contributed by atoms with Crippen LogP contribution in [0.1, 0.15) is 5.56 Å². The Kier molecular flexibility index (Phi) is 4.14. The Labute approximate surface area is 152 Å². The molecule has 25 heavy (non-hydrogen) atoms. The summed E-state index contributed by atoms with van der Waals surface area (Å²) in [5.74, 6) is 0.127. The van der Waals surface area contributed by atoms with Crippen molar-refractivity contribution >= 4 is 34.1 Å². The summed E-state index contributed by atoms with van der Waals surface area (Å²) in [6, 6.07) is 16.1. The Morgan fingerprint density at radius 3 is 2.84 bits per heavy atom. The first-order valence-electron chi connectivity index (χ1n) is 8.43. The molecule has 0 saturated carbocycles. The number of nitrogens with zero attached hydrogens (tertiary/aromatic N) is 3. The van der Waals surface area contributed by atoms with Crippen LogP contribution in [0.25, 0.3) is 10.9 Å². The zero-order valence-corrected chi connectivity index (χ0v) is 14.9. The third-order valence-corrected chi connectivity index (χ3v) is 5.10. The molecule has 5 heteroatoms. The number of aromatic nitrogens is 1. The van der Waals surface area contributed by atoms with Gasteiger partial charge in [-0.1, -0.05) is 35.9 Å². The monoisotopic (exact) mass is 353 g/mol. The predicted molar refractivity (Wildman–Crippen MR) is 102 cm³/mol. The second-order valence-corrected chi connectivity index (χ2v) is 6.95. The van der Waals surface area contributed by atoms with Gasteiger partial charge < -0.3 is 14.4 Å². The summed E-state index contributed by atoms with van der Waals surface area (Å²) in [6.07, 6.45) is 1.96. The maximum atomic E-state index is 12.9. The molecule has 4 rings (SSSR count). The molecule has 3 aromatic rings. The van der Waals surface area contributed by atoms with E-state index in [0.717, 1.165) is 24.0 Å². The molecule has 1 aliphatic heterocycles. The van der Waals surface area contributed by atoms with Crippen molar-refractivity contribution in [3.8, 4) is 0 Å². The van der Waals surface area contributed by atoms with Crippen molar-refractivity contribution in [2.75, 3.05) is 25.0 Å². The van der Waals surface area contributed by atoms with E-state index >= 15 is 0 Å². The lowest BCUT2D eigenvalue weighted by Crippen LogP contribution is -2.36. The molecular weight excluding hydrogens is 334 g/mol. The number of halogens is 1. The molecule has 0 bridgehead atoms. The topological polar surface area (TPSA) is 28.5 Å². The molecule has 1 aromatic heterocycles. The first-order valence-corrected chi connectivity index (χ1v) is 8.81. The third-order valence-electron chi connectivity index (χ3n) is 4.86. The van der Waals surface area contributed by atoms with Gasteiger partial charge >= 0.3 is 0 Å². The summed E-state index contributed by atoms with van der Waals surface area (Å²) in [5.41, 5.74) is 3.39. The molecule has 0 aliphatic carbocycles. The molecule has 2 aromatic carbocycles. The Morgan fingerprint density at radius 2 is 1.96 bits per heavy atom. The first-order chi connectivity index (χ1) is 12.1. The zero-order chi connectivity index (χ0) is 17.4. The molecule has 4 nitrogen and oxygen atoms in total. The number of hydrogen-bond acceptors (Lipinski definition) is 2. The van der Waals surface area contributed by atoms with Crippen LogP contribution in [0.5, 0.6) is 0 Å². The molecule has 0 N–H and O–H groups in total. The molecule has 0 atom stereocenters. The van der Waals surface area contributed by atoms with Crippen LogP contribution in [-0.2, 0) is 17.9 Å². The van der Waals surface area contributed by atoms with Gasteiger partial charge in [0.05, 0.1) is 0 Å². The van der Waals surface area contributed by atoms with Crippen LogP contribution >= 0.6 is 11.6 Å². The Hall–Kier alpha value is -2.46. The molecular formula is C20H20ClN3O. The Morgan fingerprint density at radius 1 is 1.12 bits per heavy atom. The number of carbonyl (C=O) groups is 1. The second kappa shape index (κ2) is 6.45. The molecule has 0 saturated heterocycles. The third kappa shape index (κ3) is 3.10. The van der Waals surface area contributed by atoms with Crippen molar-refractivity contribution in [1.82, 2.24) is 9.47 Å². The van der Waals surface area contributed by atoms with Gasteiger partial charge in [-0.05, 0) is 35.2 Å². The lowest BCUT2D eigenvalue weighted by Gasteiger charge is -2.21. The highest BCUT2D eigenvalue weighted by Crippen LogP contribution is 2.24. The number of carbonyl (C=O) groups excluding carboxylic acids is 1. The summed E-state index contributed by atoms with van der Waals surface area (Å²) >= 11 is 6.11. The highest BCUT2D eigenvalue weighted by molar-refractivity contribution is 6.31. The van der Waals surface area contributed by atoms with Gasteiger partial charge in [0.2, 0.25) is 5.91 Å². The van der Waals surface area contributed by atoms with E-state index in [1.807, 2.05) is 52.1 Å². The number of hydrogen-bond donors (Lipinski definition) is 0. The fraction of sp³-hybridized carbons (Fsp3) is 0.250. The Bertz CT molecular complexity index is 934. The minimum Gasteiger partial charge on any atom is -0.373 e. The van der Waals surface area contributed by atoms with Gasteiger partial charge in [-0.25, -0.2) is 0 Å². The minimum absolute atomic E-state index is 0.127. The predicted octanol–water partition coefficient (Wildman–Crippen LogP) is 3.77. The van der Waals surface area contributed by atoms with Crippen LogP contribution in [0.15, 0.2) is 54.7 Å². The number of amides is 1. The van der Waals surface area contributed by atoms with Crippen LogP contribution in [0.4, 0.5) is 5.69 Å². The van der Waals surface area contributed by atoms with Crippen LogP contribution in [0.2, 0.25) is 5.02 Å². The maximum absolute atomic E-state index is 12.9. The molecule has 2 heterocycles. The smallest absolute Gasteiger partial charge is 0.242 e. The average molecular weight is 354 g/mol. The van der Waals surface area contributed by atoms with E-state index in [0.29, 0.717) is 18.1 Å². The quantitative estimate of drug-likeness (QED) is 0.701. The van der Waals surface area contributed by atoms with Crippen LogP contribution in [-0.4, -0.2) is 35.5 Å². The van der Waals surface area contributed by atoms with E-state index in [4.69, 9.17) is 11.6 Å². The molecule has 0 fully saturated rings. The highest BCUT2D eigenvalue weighted by atomic mass is 35.5. The summed E-state index contributed by atoms with van der Waals surface area (Å²) < 4.78 is 1.98. The van der Waals surface area contributed by atoms with E-state index in [1.165, 1.54) is 11.3 Å². The van der Waals surface area contributed by atoms with E-state index in [2.05, 4.69) is 24.1 Å². The molecule has 128 valence electrons. The van der Waals surface area contributed by atoms with Crippen molar-refractivity contribution in [2.45, 2.75) is 13.1 Å². The van der Waals surface area contributed by atoms with E-state index in [9.17, 15) is 4.79 Å². The number of fused-ring (bicyclic) bond motifs is 2. The molecule has 0 spiro atoms. The normalized spacial score (nSPS) is 14.5. The summed E-state index contributed by atoms with van der Waals surface area (Å²) in [7, 11) is 2.08. The van der Waals surface area contributed by atoms with Crippen molar-refractivity contribution in [2.24, 2.45) is 0 Å². The number of para-hydroxylation sites is 1. The lowest BCUT2D eigenvalue weighted by atomic mass is 10.1. The number of likely N-dealkylation sites (N-methyl/N-ethyl adjacent to an activating group) is 1. The number of rotatable bonds is 2. The summed E-state index contributed by atoms with van der Waals surface area (Å²) in [5, 5.41) is 1.78. The average Bonchev–Trinajstić information content (AvgIpc) is 2.91. The molecule has 1 amide bonds. The molecule has 0 unspecified atom stereocenters. The van der Waals surface area contributed by atoms with Crippen molar-refractivity contribution in [3.05, 3.63) is 65.3 Å². The van der Waals surface area contributed by atoms with E-state index < -0.39 is 0 Å². The summed E-state index contributed by atoms with van der Waals surface area (Å²) in [4.78, 5) is 17.1. The fourth-order valence-electron chi connectivity index (χ4n) is 3.45. The largest absolute Gasteiger partial charge is 0.373 e. The molecule has 1 aliphatic rings. The maximum Gasteiger partial charge on any atom is 0.242 e. The second-order valence-electron chi connectivity index (χ2n) is 6.51. The van der Waals surface area contributed by atoms with Gasteiger partial charge in [0, 0.05) is 49.1 Å². The van der Waals surface area contributed by atoms with Gasteiger partial charge in [-0.15, -0.1) is 0 Å². The van der Waals surface area contributed by atoms with Crippen molar-refractivity contribution < 1.29 is 4.79 Å². The van der Waals surface area contributed by atoms with Crippen LogP contribution in [0.3, 0.4) is 0 Å². The van der Waals surface area contributed by atoms with Gasteiger partial charge in [0.1, 0.15) is 6.54 Å². The Balaban J connectivity index is 1.58. The van der Waals surface area contributed by atoms with Gasteiger partial charge in [-0.2, -0.15) is 0 Å². The van der Waals surface area contributed by atoms with Gasteiger partial charge in [0.15, 0.2) is 0 Å². The van der Waals surface area contributed by atoms with E-state index in [1.54, 1.807) is 0 Å². The van der Waals surface area contributed by atoms with Crippen molar-refractivity contribution in [3.63, 3.8) is 0 Å². The van der Waals surface area contributed by atoms with Gasteiger partial charge in [0.25, 0.3) is 0 Å². The molecule has 0 radical (unpaired) electrons. The van der Waals surface area contributed by atoms with Crippen molar-refractivity contribution in [1.29, 1.82) is 0 Å². The fourth-order valence-corrected chi connectivity index (χ4v) is 3.61. The standard InChI is InChI=1S/C20H20ClN3O/c1-22-10-11-24(13-16-4-2-3-5-18(16)22)20(25)14-23-9-8-15-6-7-17(21)12-19(15)23/h2-9,12H,10-11,13-14H2,1H3. The van der Waals surface area contributed by atoms with Crippen LogP contribution in [0, 0.1) is 0 Å². The number of anilines is 1. The van der Waals surface area contributed by atoms with Gasteiger partial charge in [-0.3, -0.25) is 4.79 Å². The summed E-state index contributed by atoms with van der Waals surface area (Å²) in [6.45, 7) is 2.54. The SMILES string of the molecule is CN1CCN(C(=O)Cn2ccc3ccc(Cl)cc32)Cc2ccccc21. The minimum atomic E-state index is 0.127. The number of benzene rings is 2. The zero-order valence-electron chi connectivity index (χ0n) is 14.2. The lowest BCUT2D eigenvalue weighted by molar-refractivity contribution is -0.132.